The summed E-state index contributed by atoms with van der Waals surface area (Å²) in [6, 6.07) is 32.1. The third-order valence-electron chi connectivity index (χ3n) is 7.31. The Hall–Kier alpha value is -4.50. The van der Waals surface area contributed by atoms with Gasteiger partial charge in [-0.1, -0.05) is 54.6 Å². The van der Waals surface area contributed by atoms with Crippen molar-refractivity contribution in [3.63, 3.8) is 0 Å². The van der Waals surface area contributed by atoms with Crippen LogP contribution in [0.4, 0.5) is 0 Å². The first-order valence-corrected chi connectivity index (χ1v) is 11.2. The van der Waals surface area contributed by atoms with E-state index in [1.165, 1.54) is 43.5 Å². The van der Waals surface area contributed by atoms with Gasteiger partial charge in [0.25, 0.3) is 0 Å². The van der Waals surface area contributed by atoms with Crippen LogP contribution < -0.4 is 0 Å². The van der Waals surface area contributed by atoms with Crippen molar-refractivity contribution < 1.29 is 8.83 Å². The second-order valence-corrected chi connectivity index (χ2v) is 8.94. The number of hydrogen-bond donors (Lipinski definition) is 0. The monoisotopic (exact) mass is 421 g/mol. The minimum Gasteiger partial charge on any atom is -0.456 e. The van der Waals surface area contributed by atoms with Gasteiger partial charge in [-0.2, -0.15) is 0 Å². The van der Waals surface area contributed by atoms with Crippen LogP contribution in [0.15, 0.2) is 99.8 Å². The molecule has 4 heterocycles. The molecule has 5 aromatic carbocycles. The molecule has 3 nitrogen and oxygen atoms in total. The van der Waals surface area contributed by atoms with E-state index in [1.54, 1.807) is 0 Å². The lowest BCUT2D eigenvalue weighted by molar-refractivity contribution is 0.669. The number of hydrogen-bond acceptors (Lipinski definition) is 2. The highest BCUT2D eigenvalue weighted by Crippen LogP contribution is 2.46. The van der Waals surface area contributed by atoms with Gasteiger partial charge < -0.3 is 13.2 Å². The Morgan fingerprint density at radius 1 is 0.455 bits per heavy atom. The Balaban J connectivity index is 1.64. The van der Waals surface area contributed by atoms with E-state index >= 15 is 0 Å². The zero-order chi connectivity index (χ0) is 21.3. The molecule has 152 valence electrons. The summed E-state index contributed by atoms with van der Waals surface area (Å²) in [4.78, 5) is 0. The number of furan rings is 2. The number of nitrogens with zero attached hydrogens (tertiary/aromatic N) is 1. The molecule has 33 heavy (non-hydrogen) atoms. The third-order valence-corrected chi connectivity index (χ3v) is 7.31. The molecule has 0 bridgehead atoms. The minimum absolute atomic E-state index is 0.919. The summed E-state index contributed by atoms with van der Waals surface area (Å²) in [6.07, 6.45) is 0. The normalized spacial score (nSPS) is 12.8. The SMILES string of the molecule is c1ccc2c(c1)oc1cc3c(cc12)c1cc2c4ccccc4oc2c2c4ccccc4n3c12. The average molecular weight is 421 g/mol. The molecule has 9 aromatic rings. The zero-order valence-corrected chi connectivity index (χ0v) is 17.4. The Bertz CT molecular complexity index is 2240. The summed E-state index contributed by atoms with van der Waals surface area (Å²) in [5, 5.41) is 9.54. The second-order valence-electron chi connectivity index (χ2n) is 8.94. The van der Waals surface area contributed by atoms with Crippen LogP contribution in [0.5, 0.6) is 0 Å². The van der Waals surface area contributed by atoms with Gasteiger partial charge in [-0.25, -0.2) is 0 Å². The van der Waals surface area contributed by atoms with Crippen LogP contribution in [0, 0.1) is 0 Å². The lowest BCUT2D eigenvalue weighted by atomic mass is 10.0. The summed E-state index contributed by atoms with van der Waals surface area (Å²) >= 11 is 0. The molecule has 0 aliphatic heterocycles. The molecule has 0 fully saturated rings. The van der Waals surface area contributed by atoms with Crippen molar-refractivity contribution in [2.75, 3.05) is 0 Å². The largest absolute Gasteiger partial charge is 0.456 e. The number of rotatable bonds is 0. The molecule has 4 aromatic heterocycles. The minimum atomic E-state index is 0.919. The fraction of sp³-hybridized carbons (Fsp3) is 0. The molecule has 0 spiro atoms. The molecule has 0 aliphatic carbocycles. The van der Waals surface area contributed by atoms with E-state index in [1.807, 2.05) is 18.2 Å². The summed E-state index contributed by atoms with van der Waals surface area (Å²) < 4.78 is 15.1. The Morgan fingerprint density at radius 2 is 1.12 bits per heavy atom. The highest BCUT2D eigenvalue weighted by atomic mass is 16.3. The van der Waals surface area contributed by atoms with E-state index in [0.717, 1.165) is 38.5 Å². The standard InChI is InChI=1S/C30H15NO2/c1-4-10-23-18(9-1)28-29-21(14-22-17-8-3-6-12-26(17)33-30(22)28)19-13-20-16-7-2-5-11-25(16)32-27(20)15-24(19)31(23)29/h1-15H. The zero-order valence-electron chi connectivity index (χ0n) is 17.4. The molecule has 0 radical (unpaired) electrons. The van der Waals surface area contributed by atoms with Crippen LogP contribution in [0.2, 0.25) is 0 Å². The predicted octanol–water partition coefficient (Wildman–Crippen LogP) is 8.64. The van der Waals surface area contributed by atoms with Crippen molar-refractivity contribution in [2.24, 2.45) is 0 Å². The van der Waals surface area contributed by atoms with Crippen molar-refractivity contribution in [2.45, 2.75) is 0 Å². The average Bonchev–Trinajstić information content (AvgIpc) is 3.58. The first-order chi connectivity index (χ1) is 16.4. The maximum Gasteiger partial charge on any atom is 0.145 e. The Morgan fingerprint density at radius 3 is 1.97 bits per heavy atom. The Kier molecular flexibility index (Phi) is 2.59. The number of fused-ring (bicyclic) bond motifs is 13. The van der Waals surface area contributed by atoms with Gasteiger partial charge in [0.1, 0.15) is 22.3 Å². The molecular weight excluding hydrogens is 406 g/mol. The van der Waals surface area contributed by atoms with Gasteiger partial charge in [-0.3, -0.25) is 0 Å². The molecule has 0 unspecified atom stereocenters. The topological polar surface area (TPSA) is 30.7 Å². The van der Waals surface area contributed by atoms with Crippen molar-refractivity contribution in [3.8, 4) is 0 Å². The highest BCUT2D eigenvalue weighted by Gasteiger charge is 2.23. The predicted molar refractivity (Wildman–Crippen MR) is 136 cm³/mol. The quantitative estimate of drug-likeness (QED) is 0.245. The maximum atomic E-state index is 6.46. The van der Waals surface area contributed by atoms with Crippen LogP contribution >= 0.6 is 0 Å². The van der Waals surface area contributed by atoms with Gasteiger partial charge in [0.15, 0.2) is 0 Å². The van der Waals surface area contributed by atoms with Gasteiger partial charge in [-0.15, -0.1) is 0 Å². The van der Waals surface area contributed by atoms with Gasteiger partial charge >= 0.3 is 0 Å². The highest BCUT2D eigenvalue weighted by molar-refractivity contribution is 6.33. The molecule has 0 saturated carbocycles. The maximum absolute atomic E-state index is 6.46. The summed E-state index contributed by atoms with van der Waals surface area (Å²) in [5.74, 6) is 0. The molecule has 9 rings (SSSR count). The summed E-state index contributed by atoms with van der Waals surface area (Å²) in [5.41, 5.74) is 7.31. The van der Waals surface area contributed by atoms with E-state index in [2.05, 4.69) is 77.2 Å². The number of aromatic nitrogens is 1. The van der Waals surface area contributed by atoms with Crippen molar-refractivity contribution in [3.05, 3.63) is 91.0 Å². The van der Waals surface area contributed by atoms with Gasteiger partial charge in [0, 0.05) is 43.8 Å². The molecule has 0 amide bonds. The fourth-order valence-corrected chi connectivity index (χ4v) is 5.95. The van der Waals surface area contributed by atoms with Crippen LogP contribution in [0.3, 0.4) is 0 Å². The second kappa shape index (κ2) is 5.28. The van der Waals surface area contributed by atoms with E-state index in [-0.39, 0.29) is 0 Å². The molecule has 0 N–H and O–H groups in total. The van der Waals surface area contributed by atoms with Crippen molar-refractivity contribution in [1.29, 1.82) is 0 Å². The first-order valence-electron chi connectivity index (χ1n) is 11.2. The Labute approximate surface area is 186 Å². The molecule has 3 heteroatoms. The van der Waals surface area contributed by atoms with Crippen LogP contribution in [0.25, 0.3) is 82.0 Å². The molecular formula is C30H15NO2. The lowest BCUT2D eigenvalue weighted by Crippen LogP contribution is -1.79. The van der Waals surface area contributed by atoms with Crippen LogP contribution in [-0.4, -0.2) is 4.40 Å². The van der Waals surface area contributed by atoms with E-state index in [0.29, 0.717) is 0 Å². The van der Waals surface area contributed by atoms with Crippen LogP contribution in [0.1, 0.15) is 0 Å². The van der Waals surface area contributed by atoms with E-state index < -0.39 is 0 Å². The van der Waals surface area contributed by atoms with Gasteiger partial charge in [-0.05, 0) is 30.3 Å². The third kappa shape index (κ3) is 1.77. The fourth-order valence-electron chi connectivity index (χ4n) is 5.95. The molecule has 0 atom stereocenters. The summed E-state index contributed by atoms with van der Waals surface area (Å²) in [7, 11) is 0. The van der Waals surface area contributed by atoms with Crippen molar-refractivity contribution >= 4 is 82.0 Å². The van der Waals surface area contributed by atoms with E-state index in [9.17, 15) is 0 Å². The van der Waals surface area contributed by atoms with Gasteiger partial charge in [0.05, 0.1) is 21.9 Å². The summed E-state index contributed by atoms with van der Waals surface area (Å²) in [6.45, 7) is 0. The molecule has 0 saturated heterocycles. The number of benzene rings is 5. The number of para-hydroxylation sites is 3. The molecule has 0 aliphatic rings. The van der Waals surface area contributed by atoms with E-state index in [4.69, 9.17) is 8.83 Å². The lowest BCUT2D eigenvalue weighted by Gasteiger charge is -1.99. The van der Waals surface area contributed by atoms with Gasteiger partial charge in [0.2, 0.25) is 0 Å². The van der Waals surface area contributed by atoms with Crippen LogP contribution in [-0.2, 0) is 0 Å². The first kappa shape index (κ1) is 16.2. The van der Waals surface area contributed by atoms with Crippen molar-refractivity contribution in [1.82, 2.24) is 4.40 Å². The smallest absolute Gasteiger partial charge is 0.145 e.